The summed E-state index contributed by atoms with van der Waals surface area (Å²) in [6.07, 6.45) is 2.34. The molecule has 1 atom stereocenters. The lowest BCUT2D eigenvalue weighted by atomic mass is 9.73. The largest absolute Gasteiger partial charge is 0.348 e. The van der Waals surface area contributed by atoms with Crippen LogP contribution in [0.5, 0.6) is 0 Å². The fourth-order valence-electron chi connectivity index (χ4n) is 4.22. The molecule has 1 fully saturated rings. The van der Waals surface area contributed by atoms with Gasteiger partial charge in [0.1, 0.15) is 0 Å². The molecule has 0 radical (unpaired) electrons. The Morgan fingerprint density at radius 3 is 2.64 bits per heavy atom. The minimum absolute atomic E-state index is 0.0487. The maximum atomic E-state index is 13.3. The number of hydrogen-bond acceptors (Lipinski definition) is 3. The van der Waals surface area contributed by atoms with E-state index >= 15 is 0 Å². The standard InChI is InChI=1S/C23H30N2O2S/c1-17(2)21(26)25-12-7-11-23(16-25,22(27)24(3)4)15-18-8-5-9-19(14-18)20-10-6-13-28-20/h5-6,8-10,13-14,17H,7,11-12,15-16H2,1-4H3/t23-/m0/s1. The van der Waals surface area contributed by atoms with Gasteiger partial charge in [0.25, 0.3) is 0 Å². The fraction of sp³-hybridized carbons (Fsp3) is 0.478. The second-order valence-electron chi connectivity index (χ2n) is 8.35. The molecule has 28 heavy (non-hydrogen) atoms. The molecule has 0 saturated carbocycles. The SMILES string of the molecule is CC(C)C(=O)N1CCC[C@@](Cc2cccc(-c3cccs3)c2)(C(=O)N(C)C)C1. The molecule has 150 valence electrons. The first-order chi connectivity index (χ1) is 13.3. The molecular weight excluding hydrogens is 368 g/mol. The highest BCUT2D eigenvalue weighted by Crippen LogP contribution is 2.37. The molecule has 1 saturated heterocycles. The molecule has 0 unspecified atom stereocenters. The number of piperidine rings is 1. The van der Waals surface area contributed by atoms with Crippen molar-refractivity contribution in [3.63, 3.8) is 0 Å². The lowest BCUT2D eigenvalue weighted by Crippen LogP contribution is -2.54. The van der Waals surface area contributed by atoms with E-state index in [0.717, 1.165) is 24.9 Å². The average molecular weight is 399 g/mol. The van der Waals surface area contributed by atoms with Gasteiger partial charge in [-0.05, 0) is 41.8 Å². The van der Waals surface area contributed by atoms with Crippen LogP contribution in [0.4, 0.5) is 0 Å². The number of amides is 2. The number of carbonyl (C=O) groups is 2. The molecule has 1 aliphatic heterocycles. The maximum Gasteiger partial charge on any atom is 0.230 e. The monoisotopic (exact) mass is 398 g/mol. The van der Waals surface area contributed by atoms with Gasteiger partial charge in [0.2, 0.25) is 11.8 Å². The Hall–Kier alpha value is -2.14. The van der Waals surface area contributed by atoms with Crippen molar-refractivity contribution in [1.82, 2.24) is 9.80 Å². The Kier molecular flexibility index (Phi) is 6.23. The van der Waals surface area contributed by atoms with Gasteiger partial charge in [0, 0.05) is 38.0 Å². The van der Waals surface area contributed by atoms with Crippen molar-refractivity contribution in [3.05, 3.63) is 47.3 Å². The quantitative estimate of drug-likeness (QED) is 0.753. The van der Waals surface area contributed by atoms with Crippen molar-refractivity contribution in [2.75, 3.05) is 27.2 Å². The molecule has 1 aromatic carbocycles. The molecule has 0 N–H and O–H groups in total. The number of likely N-dealkylation sites (tertiary alicyclic amines) is 1. The predicted molar refractivity (Wildman–Crippen MR) is 115 cm³/mol. The summed E-state index contributed by atoms with van der Waals surface area (Å²) >= 11 is 1.72. The maximum absolute atomic E-state index is 13.3. The molecule has 2 amide bonds. The van der Waals surface area contributed by atoms with E-state index in [1.54, 1.807) is 16.2 Å². The van der Waals surface area contributed by atoms with Gasteiger partial charge in [-0.3, -0.25) is 9.59 Å². The van der Waals surface area contributed by atoms with Gasteiger partial charge in [-0.25, -0.2) is 0 Å². The summed E-state index contributed by atoms with van der Waals surface area (Å²) in [5.74, 6) is 0.214. The number of thiophene rings is 1. The lowest BCUT2D eigenvalue weighted by Gasteiger charge is -2.43. The molecule has 1 aliphatic rings. The van der Waals surface area contributed by atoms with Crippen molar-refractivity contribution >= 4 is 23.2 Å². The summed E-state index contributed by atoms with van der Waals surface area (Å²) in [6.45, 7) is 5.10. The zero-order valence-corrected chi connectivity index (χ0v) is 18.1. The number of rotatable bonds is 5. The molecule has 2 aromatic rings. The zero-order chi connectivity index (χ0) is 20.3. The van der Waals surface area contributed by atoms with E-state index < -0.39 is 5.41 Å². The first-order valence-electron chi connectivity index (χ1n) is 9.96. The molecule has 0 aliphatic carbocycles. The van der Waals surface area contributed by atoms with Crippen LogP contribution in [0.1, 0.15) is 32.3 Å². The molecule has 4 nitrogen and oxygen atoms in total. The van der Waals surface area contributed by atoms with Crippen molar-refractivity contribution in [2.45, 2.75) is 33.1 Å². The molecule has 0 spiro atoms. The molecule has 2 heterocycles. The summed E-state index contributed by atoms with van der Waals surface area (Å²) < 4.78 is 0. The Morgan fingerprint density at radius 1 is 1.21 bits per heavy atom. The van der Waals surface area contributed by atoms with Crippen LogP contribution in [0, 0.1) is 11.3 Å². The molecular formula is C23H30N2O2S. The van der Waals surface area contributed by atoms with Gasteiger partial charge < -0.3 is 9.80 Å². The predicted octanol–water partition coefficient (Wildman–Crippen LogP) is 4.31. The number of benzene rings is 1. The lowest BCUT2D eigenvalue weighted by molar-refractivity contribution is -0.148. The highest BCUT2D eigenvalue weighted by Gasteiger charge is 2.44. The van der Waals surface area contributed by atoms with Crippen LogP contribution in [0.3, 0.4) is 0 Å². The van der Waals surface area contributed by atoms with Crippen molar-refractivity contribution < 1.29 is 9.59 Å². The van der Waals surface area contributed by atoms with Gasteiger partial charge in [-0.15, -0.1) is 11.3 Å². The van der Waals surface area contributed by atoms with E-state index in [-0.39, 0.29) is 17.7 Å². The third-order valence-corrected chi connectivity index (χ3v) is 6.44. The van der Waals surface area contributed by atoms with Gasteiger partial charge in [0.15, 0.2) is 0 Å². The van der Waals surface area contributed by atoms with Crippen LogP contribution in [-0.4, -0.2) is 48.8 Å². The summed E-state index contributed by atoms with van der Waals surface area (Å²) in [5.41, 5.74) is 1.78. The summed E-state index contributed by atoms with van der Waals surface area (Å²) in [7, 11) is 3.63. The summed E-state index contributed by atoms with van der Waals surface area (Å²) in [5, 5.41) is 2.08. The molecule has 1 aromatic heterocycles. The molecule has 3 rings (SSSR count). The Bertz CT molecular complexity index is 829. The highest BCUT2D eigenvalue weighted by molar-refractivity contribution is 7.13. The van der Waals surface area contributed by atoms with E-state index in [2.05, 4.69) is 41.8 Å². The number of carbonyl (C=O) groups excluding carboxylic acids is 2. The average Bonchev–Trinajstić information content (AvgIpc) is 3.22. The summed E-state index contributed by atoms with van der Waals surface area (Å²) in [4.78, 5) is 30.7. The van der Waals surface area contributed by atoms with E-state index in [0.29, 0.717) is 13.0 Å². The van der Waals surface area contributed by atoms with Crippen molar-refractivity contribution in [2.24, 2.45) is 11.3 Å². The van der Waals surface area contributed by atoms with Crippen LogP contribution >= 0.6 is 11.3 Å². The highest BCUT2D eigenvalue weighted by atomic mass is 32.1. The normalized spacial score (nSPS) is 19.7. The first-order valence-corrected chi connectivity index (χ1v) is 10.8. The van der Waals surface area contributed by atoms with Crippen LogP contribution in [0.25, 0.3) is 10.4 Å². The number of nitrogens with zero attached hydrogens (tertiary/aromatic N) is 2. The molecule has 0 bridgehead atoms. The Labute approximate surface area is 172 Å². The van der Waals surface area contributed by atoms with Crippen LogP contribution < -0.4 is 0 Å². The Balaban J connectivity index is 1.92. The van der Waals surface area contributed by atoms with Crippen LogP contribution in [0.2, 0.25) is 0 Å². The molecule has 5 heteroatoms. The van der Waals surface area contributed by atoms with Crippen LogP contribution in [0.15, 0.2) is 41.8 Å². The van der Waals surface area contributed by atoms with Gasteiger partial charge >= 0.3 is 0 Å². The zero-order valence-electron chi connectivity index (χ0n) is 17.3. The topological polar surface area (TPSA) is 40.6 Å². The van der Waals surface area contributed by atoms with Crippen molar-refractivity contribution in [1.29, 1.82) is 0 Å². The second-order valence-corrected chi connectivity index (χ2v) is 9.30. The first kappa shape index (κ1) is 20.6. The van der Waals surface area contributed by atoms with Gasteiger partial charge in [0.05, 0.1) is 5.41 Å². The van der Waals surface area contributed by atoms with Crippen LogP contribution in [-0.2, 0) is 16.0 Å². The van der Waals surface area contributed by atoms with E-state index in [1.165, 1.54) is 10.4 Å². The third-order valence-electron chi connectivity index (χ3n) is 5.52. The Morgan fingerprint density at radius 2 is 2.00 bits per heavy atom. The minimum Gasteiger partial charge on any atom is -0.348 e. The van der Waals surface area contributed by atoms with E-state index in [1.807, 2.05) is 32.8 Å². The summed E-state index contributed by atoms with van der Waals surface area (Å²) in [6, 6.07) is 12.7. The van der Waals surface area contributed by atoms with Crippen molar-refractivity contribution in [3.8, 4) is 10.4 Å². The fourth-order valence-corrected chi connectivity index (χ4v) is 4.95. The van der Waals surface area contributed by atoms with E-state index in [9.17, 15) is 9.59 Å². The van der Waals surface area contributed by atoms with E-state index in [4.69, 9.17) is 0 Å². The number of hydrogen-bond donors (Lipinski definition) is 0. The van der Waals surface area contributed by atoms with Gasteiger partial charge in [-0.1, -0.05) is 44.2 Å². The van der Waals surface area contributed by atoms with Gasteiger partial charge in [-0.2, -0.15) is 0 Å². The second kappa shape index (κ2) is 8.48. The third kappa shape index (κ3) is 4.30. The smallest absolute Gasteiger partial charge is 0.230 e. The minimum atomic E-state index is -0.555.